The van der Waals surface area contributed by atoms with Gasteiger partial charge in [-0.15, -0.1) is 0 Å². The van der Waals surface area contributed by atoms with Crippen molar-refractivity contribution in [2.75, 3.05) is 26.2 Å². The number of quaternary nitrogens is 2. The molecule has 0 radical (unpaired) electrons. The van der Waals surface area contributed by atoms with Gasteiger partial charge >= 0.3 is 0 Å². The fourth-order valence-electron chi connectivity index (χ4n) is 3.87. The van der Waals surface area contributed by atoms with Crippen LogP contribution in [-0.2, 0) is 19.7 Å². The lowest BCUT2D eigenvalue weighted by molar-refractivity contribution is -1.02. The average molecular weight is 427 g/mol. The topological polar surface area (TPSA) is 48.3 Å². The predicted molar refractivity (Wildman–Crippen MR) is 116 cm³/mol. The molecule has 4 rings (SSSR count). The molecule has 2 N–H and O–H groups in total. The zero-order valence-electron chi connectivity index (χ0n) is 16.9. The van der Waals surface area contributed by atoms with E-state index >= 15 is 0 Å². The standard InChI is InChI=1S/C24H25ClN2O3/c25-21-8-4-7-20(13-21)17-30-24-18-29-22(14-23(24)28)16-27-11-9-26(10-12-27)15-19-5-2-1-3-6-19/h1-8,13-14,18H,9-12,15-17H2/p+2. The summed E-state index contributed by atoms with van der Waals surface area (Å²) in [6.45, 7) is 6.45. The summed E-state index contributed by atoms with van der Waals surface area (Å²) in [6, 6.07) is 19.6. The van der Waals surface area contributed by atoms with E-state index in [1.807, 2.05) is 18.2 Å². The zero-order valence-corrected chi connectivity index (χ0v) is 17.7. The second-order valence-corrected chi connectivity index (χ2v) is 8.27. The molecule has 30 heavy (non-hydrogen) atoms. The quantitative estimate of drug-likeness (QED) is 0.599. The van der Waals surface area contributed by atoms with Gasteiger partial charge in [-0.05, 0) is 17.7 Å². The number of halogens is 1. The maximum atomic E-state index is 12.4. The smallest absolute Gasteiger partial charge is 0.227 e. The number of piperazine rings is 1. The van der Waals surface area contributed by atoms with E-state index in [1.165, 1.54) is 16.7 Å². The highest BCUT2D eigenvalue weighted by Crippen LogP contribution is 2.13. The van der Waals surface area contributed by atoms with E-state index in [9.17, 15) is 4.79 Å². The van der Waals surface area contributed by atoms with Gasteiger partial charge in [-0.25, -0.2) is 0 Å². The number of nitrogens with one attached hydrogen (secondary N) is 2. The molecule has 5 nitrogen and oxygen atoms in total. The van der Waals surface area contributed by atoms with Crippen LogP contribution in [0.1, 0.15) is 16.9 Å². The summed E-state index contributed by atoms with van der Waals surface area (Å²) in [7, 11) is 0. The third kappa shape index (κ3) is 5.72. The Hall–Kier alpha value is -2.60. The SMILES string of the molecule is O=c1cc(C[NH+]2CC[NH+](Cc3ccccc3)CC2)occ1OCc1cccc(Cl)c1. The molecule has 3 aromatic rings. The van der Waals surface area contributed by atoms with Gasteiger partial charge in [-0.2, -0.15) is 0 Å². The minimum Gasteiger partial charge on any atom is -0.482 e. The average Bonchev–Trinajstić information content (AvgIpc) is 2.75. The molecule has 1 saturated heterocycles. The van der Waals surface area contributed by atoms with Gasteiger partial charge in [0.1, 0.15) is 52.1 Å². The molecule has 1 aliphatic rings. The van der Waals surface area contributed by atoms with Crippen molar-refractivity contribution in [3.63, 3.8) is 0 Å². The molecular weight excluding hydrogens is 400 g/mol. The second-order valence-electron chi connectivity index (χ2n) is 7.83. The first-order valence-corrected chi connectivity index (χ1v) is 10.7. The van der Waals surface area contributed by atoms with Gasteiger partial charge in [0, 0.05) is 16.7 Å². The lowest BCUT2D eigenvalue weighted by atomic mass is 10.2. The monoisotopic (exact) mass is 426 g/mol. The molecule has 156 valence electrons. The van der Waals surface area contributed by atoms with E-state index in [0.29, 0.717) is 10.8 Å². The molecular formula is C24H27ClN2O3+2. The van der Waals surface area contributed by atoms with Crippen molar-refractivity contribution in [2.24, 2.45) is 0 Å². The fourth-order valence-corrected chi connectivity index (χ4v) is 4.08. The van der Waals surface area contributed by atoms with Crippen molar-refractivity contribution in [1.82, 2.24) is 0 Å². The van der Waals surface area contributed by atoms with Gasteiger partial charge in [0.15, 0.2) is 5.76 Å². The summed E-state index contributed by atoms with van der Waals surface area (Å²) in [5, 5.41) is 0.646. The second kappa shape index (κ2) is 9.94. The van der Waals surface area contributed by atoms with E-state index < -0.39 is 0 Å². The number of benzene rings is 2. The molecule has 0 amide bonds. The lowest BCUT2D eigenvalue weighted by Crippen LogP contribution is -3.27. The normalized spacial score (nSPS) is 18.8. The Kier molecular flexibility index (Phi) is 6.84. The van der Waals surface area contributed by atoms with Crippen LogP contribution in [0.15, 0.2) is 76.1 Å². The van der Waals surface area contributed by atoms with Crippen LogP contribution in [0.2, 0.25) is 5.02 Å². The summed E-state index contributed by atoms with van der Waals surface area (Å²) < 4.78 is 11.3. The molecule has 0 spiro atoms. The summed E-state index contributed by atoms with van der Waals surface area (Å²) in [5.41, 5.74) is 2.15. The molecule has 2 aromatic carbocycles. The van der Waals surface area contributed by atoms with E-state index in [-0.39, 0.29) is 17.8 Å². The summed E-state index contributed by atoms with van der Waals surface area (Å²) in [6.07, 6.45) is 1.43. The Morgan fingerprint density at radius 3 is 2.27 bits per heavy atom. The Balaban J connectivity index is 1.27. The van der Waals surface area contributed by atoms with Crippen LogP contribution in [0.5, 0.6) is 5.75 Å². The Morgan fingerprint density at radius 2 is 1.57 bits per heavy atom. The molecule has 1 aliphatic heterocycles. The van der Waals surface area contributed by atoms with Crippen LogP contribution in [0.4, 0.5) is 0 Å². The van der Waals surface area contributed by atoms with Gasteiger partial charge < -0.3 is 19.0 Å². The molecule has 0 aliphatic carbocycles. The Morgan fingerprint density at radius 1 is 0.867 bits per heavy atom. The first kappa shape index (κ1) is 20.7. The number of ether oxygens (including phenoxy) is 1. The maximum Gasteiger partial charge on any atom is 0.227 e. The molecule has 6 heteroatoms. The zero-order chi connectivity index (χ0) is 20.8. The highest BCUT2D eigenvalue weighted by Gasteiger charge is 2.24. The predicted octanol–water partition coefficient (Wildman–Crippen LogP) is 1.36. The van der Waals surface area contributed by atoms with Crippen LogP contribution < -0.4 is 20.0 Å². The van der Waals surface area contributed by atoms with Gasteiger partial charge in [0.2, 0.25) is 11.2 Å². The Labute approximate surface area is 181 Å². The molecule has 1 fully saturated rings. The van der Waals surface area contributed by atoms with Crippen LogP contribution in [0.25, 0.3) is 0 Å². The highest BCUT2D eigenvalue weighted by molar-refractivity contribution is 6.30. The molecule has 0 saturated carbocycles. The molecule has 2 heterocycles. The number of hydrogen-bond donors (Lipinski definition) is 2. The van der Waals surface area contributed by atoms with Crippen LogP contribution >= 0.6 is 11.6 Å². The van der Waals surface area contributed by atoms with Crippen molar-refractivity contribution in [1.29, 1.82) is 0 Å². The highest BCUT2D eigenvalue weighted by atomic mass is 35.5. The van der Waals surface area contributed by atoms with Crippen LogP contribution in [0.3, 0.4) is 0 Å². The van der Waals surface area contributed by atoms with Gasteiger partial charge in [-0.1, -0.05) is 54.1 Å². The minimum atomic E-state index is -0.147. The van der Waals surface area contributed by atoms with Gasteiger partial charge in [0.25, 0.3) is 0 Å². The molecule has 1 aromatic heterocycles. The van der Waals surface area contributed by atoms with E-state index in [4.69, 9.17) is 20.8 Å². The fraction of sp³-hybridized carbons (Fsp3) is 0.292. The van der Waals surface area contributed by atoms with Gasteiger partial charge in [0.05, 0.1) is 0 Å². The minimum absolute atomic E-state index is 0.147. The van der Waals surface area contributed by atoms with Crippen molar-refractivity contribution >= 4 is 11.6 Å². The molecule has 0 unspecified atom stereocenters. The maximum absolute atomic E-state index is 12.4. The molecule has 0 bridgehead atoms. The Bertz CT molecular complexity index is 1010. The first-order valence-electron chi connectivity index (χ1n) is 10.4. The van der Waals surface area contributed by atoms with E-state index in [1.54, 1.807) is 17.0 Å². The number of hydrogen-bond acceptors (Lipinski definition) is 3. The van der Waals surface area contributed by atoms with Crippen molar-refractivity contribution in [2.45, 2.75) is 19.7 Å². The third-order valence-corrected chi connectivity index (χ3v) is 5.76. The van der Waals surface area contributed by atoms with E-state index in [0.717, 1.165) is 44.8 Å². The van der Waals surface area contributed by atoms with Crippen LogP contribution in [-0.4, -0.2) is 26.2 Å². The van der Waals surface area contributed by atoms with Crippen molar-refractivity contribution in [3.8, 4) is 5.75 Å². The van der Waals surface area contributed by atoms with Crippen molar-refractivity contribution in [3.05, 3.63) is 99.1 Å². The summed E-state index contributed by atoms with van der Waals surface area (Å²) in [4.78, 5) is 15.5. The number of rotatable bonds is 7. The van der Waals surface area contributed by atoms with E-state index in [2.05, 4.69) is 30.3 Å². The van der Waals surface area contributed by atoms with Crippen LogP contribution in [0, 0.1) is 0 Å². The molecule has 0 atom stereocenters. The van der Waals surface area contributed by atoms with Crippen molar-refractivity contribution < 1.29 is 19.0 Å². The summed E-state index contributed by atoms with van der Waals surface area (Å²) >= 11 is 5.98. The van der Waals surface area contributed by atoms with Gasteiger partial charge in [-0.3, -0.25) is 4.79 Å². The first-order chi connectivity index (χ1) is 14.7. The third-order valence-electron chi connectivity index (χ3n) is 5.52. The summed E-state index contributed by atoms with van der Waals surface area (Å²) in [5.74, 6) is 0.933. The lowest BCUT2D eigenvalue weighted by Gasteiger charge is -2.29. The largest absolute Gasteiger partial charge is 0.482 e.